The molecule has 2 atom stereocenters. The Kier molecular flexibility index (Phi) is 8.42. The molecule has 0 aromatic heterocycles. The Morgan fingerprint density at radius 3 is 2.50 bits per heavy atom. The Morgan fingerprint density at radius 2 is 1.94 bits per heavy atom. The normalized spacial score (nSPS) is 13.3. The smallest absolute Gasteiger partial charge is 0.237 e. The topological polar surface area (TPSA) is 55.1 Å². The molecule has 0 saturated heterocycles. The highest BCUT2D eigenvalue weighted by Gasteiger charge is 2.18. The van der Waals surface area contributed by atoms with E-state index >= 15 is 0 Å². The van der Waals surface area contributed by atoms with Gasteiger partial charge in [0.15, 0.2) is 0 Å². The van der Waals surface area contributed by atoms with Crippen molar-refractivity contribution in [2.24, 2.45) is 11.7 Å². The fraction of sp³-hybridized carbons (Fsp3) is 0.500. The summed E-state index contributed by atoms with van der Waals surface area (Å²) in [5, 5.41) is 2.88. The van der Waals surface area contributed by atoms with Gasteiger partial charge in [-0.3, -0.25) is 4.79 Å². The van der Waals surface area contributed by atoms with Gasteiger partial charge in [0.05, 0.1) is 6.04 Å². The van der Waals surface area contributed by atoms with Gasteiger partial charge in [0.25, 0.3) is 0 Å². The Bertz CT molecular complexity index is 343. The number of carbonyl (C=O) groups is 1. The van der Waals surface area contributed by atoms with Crippen LogP contribution in [0.3, 0.4) is 0 Å². The highest BCUT2D eigenvalue weighted by atomic mass is 35.5. The van der Waals surface area contributed by atoms with Crippen molar-refractivity contribution in [1.29, 1.82) is 0 Å². The van der Waals surface area contributed by atoms with Crippen LogP contribution in [0.25, 0.3) is 0 Å². The predicted molar refractivity (Wildman–Crippen MR) is 77.8 cm³/mol. The number of carbonyl (C=O) groups excluding carboxylic acids is 1. The number of hydrogen-bond acceptors (Lipinski definition) is 2. The first kappa shape index (κ1) is 16.9. The summed E-state index contributed by atoms with van der Waals surface area (Å²) < 4.78 is 0. The molecule has 4 heteroatoms. The minimum atomic E-state index is -0.393. The van der Waals surface area contributed by atoms with E-state index < -0.39 is 6.04 Å². The molecule has 0 fully saturated rings. The van der Waals surface area contributed by atoms with Gasteiger partial charge in [-0.15, -0.1) is 12.4 Å². The molecule has 3 N–H and O–H groups in total. The predicted octanol–water partition coefficient (Wildman–Crippen LogP) is 2.14. The summed E-state index contributed by atoms with van der Waals surface area (Å²) in [5.74, 6) is 0.182. The summed E-state index contributed by atoms with van der Waals surface area (Å²) in [6, 6.07) is 9.71. The Labute approximate surface area is 116 Å². The van der Waals surface area contributed by atoms with E-state index in [0.717, 1.165) is 12.8 Å². The second kappa shape index (κ2) is 8.95. The zero-order chi connectivity index (χ0) is 12.7. The van der Waals surface area contributed by atoms with E-state index in [2.05, 4.69) is 17.4 Å². The quantitative estimate of drug-likeness (QED) is 0.832. The van der Waals surface area contributed by atoms with E-state index in [-0.39, 0.29) is 24.2 Å². The number of halogens is 1. The maximum absolute atomic E-state index is 11.7. The van der Waals surface area contributed by atoms with E-state index in [9.17, 15) is 4.79 Å². The molecule has 2 unspecified atom stereocenters. The van der Waals surface area contributed by atoms with Crippen LogP contribution in [0.1, 0.15) is 25.8 Å². The molecule has 0 bridgehead atoms. The van der Waals surface area contributed by atoms with Crippen LogP contribution < -0.4 is 11.1 Å². The Balaban J connectivity index is 0.00000289. The van der Waals surface area contributed by atoms with Crippen molar-refractivity contribution in [3.8, 4) is 0 Å². The molecule has 0 aliphatic heterocycles. The van der Waals surface area contributed by atoms with Crippen LogP contribution in [-0.2, 0) is 11.2 Å². The summed E-state index contributed by atoms with van der Waals surface area (Å²) >= 11 is 0. The van der Waals surface area contributed by atoms with Gasteiger partial charge < -0.3 is 11.1 Å². The van der Waals surface area contributed by atoms with Gasteiger partial charge in [0.2, 0.25) is 5.91 Å². The third-order valence-corrected chi connectivity index (χ3v) is 3.12. The molecule has 0 heterocycles. The van der Waals surface area contributed by atoms with Crippen molar-refractivity contribution in [2.75, 3.05) is 6.54 Å². The van der Waals surface area contributed by atoms with E-state index in [4.69, 9.17) is 5.73 Å². The summed E-state index contributed by atoms with van der Waals surface area (Å²) in [6.45, 7) is 4.69. The second-order valence-corrected chi connectivity index (χ2v) is 4.44. The van der Waals surface area contributed by atoms with Crippen molar-refractivity contribution in [1.82, 2.24) is 5.32 Å². The highest BCUT2D eigenvalue weighted by molar-refractivity contribution is 5.85. The summed E-state index contributed by atoms with van der Waals surface area (Å²) in [5.41, 5.74) is 7.07. The average Bonchev–Trinajstić information content (AvgIpc) is 2.38. The van der Waals surface area contributed by atoms with Crippen molar-refractivity contribution in [3.05, 3.63) is 35.9 Å². The molecule has 1 aromatic rings. The molecule has 0 radical (unpaired) electrons. The molecule has 0 saturated carbocycles. The van der Waals surface area contributed by atoms with Crippen LogP contribution in [0.2, 0.25) is 0 Å². The lowest BCUT2D eigenvalue weighted by Crippen LogP contribution is -2.45. The van der Waals surface area contributed by atoms with E-state index in [1.807, 2.05) is 32.0 Å². The van der Waals surface area contributed by atoms with Crippen LogP contribution >= 0.6 is 12.4 Å². The van der Waals surface area contributed by atoms with Gasteiger partial charge in [-0.25, -0.2) is 0 Å². The molecule has 3 nitrogen and oxygen atoms in total. The van der Waals surface area contributed by atoms with Crippen molar-refractivity contribution in [2.45, 2.75) is 32.7 Å². The monoisotopic (exact) mass is 270 g/mol. The molecule has 1 aromatic carbocycles. The number of benzene rings is 1. The van der Waals surface area contributed by atoms with Crippen LogP contribution in [0.15, 0.2) is 30.3 Å². The average molecular weight is 271 g/mol. The van der Waals surface area contributed by atoms with Gasteiger partial charge in [-0.05, 0) is 17.9 Å². The maximum Gasteiger partial charge on any atom is 0.237 e. The largest absolute Gasteiger partial charge is 0.354 e. The maximum atomic E-state index is 11.7. The van der Waals surface area contributed by atoms with Crippen LogP contribution in [0.5, 0.6) is 0 Å². The van der Waals surface area contributed by atoms with Gasteiger partial charge >= 0.3 is 0 Å². The number of nitrogens with one attached hydrogen (secondary N) is 1. The standard InChI is InChI=1S/C14H22N2O.ClH/c1-3-11(2)13(15)14(17)16-10-9-12-7-5-4-6-8-12;/h4-8,11,13H,3,9-10,15H2,1-2H3,(H,16,17);1H. The van der Waals surface area contributed by atoms with Gasteiger partial charge in [0, 0.05) is 6.54 Å². The van der Waals surface area contributed by atoms with Crippen LogP contribution in [-0.4, -0.2) is 18.5 Å². The minimum Gasteiger partial charge on any atom is -0.354 e. The lowest BCUT2D eigenvalue weighted by molar-refractivity contribution is -0.123. The van der Waals surface area contributed by atoms with Crippen molar-refractivity contribution in [3.63, 3.8) is 0 Å². The number of hydrogen-bond donors (Lipinski definition) is 2. The van der Waals surface area contributed by atoms with Gasteiger partial charge in [-0.2, -0.15) is 0 Å². The van der Waals surface area contributed by atoms with Crippen LogP contribution in [0.4, 0.5) is 0 Å². The van der Waals surface area contributed by atoms with Crippen molar-refractivity contribution >= 4 is 18.3 Å². The molecule has 0 aliphatic rings. The first-order chi connectivity index (χ1) is 8.15. The van der Waals surface area contributed by atoms with E-state index in [0.29, 0.717) is 6.54 Å². The second-order valence-electron chi connectivity index (χ2n) is 4.44. The molecular formula is C14H23ClN2O. The zero-order valence-electron chi connectivity index (χ0n) is 11.1. The molecule has 102 valence electrons. The first-order valence-corrected chi connectivity index (χ1v) is 6.22. The molecule has 0 aliphatic carbocycles. The lowest BCUT2D eigenvalue weighted by atomic mass is 9.99. The molecule has 0 spiro atoms. The third kappa shape index (κ3) is 5.52. The SMILES string of the molecule is CCC(C)C(N)C(=O)NCCc1ccccc1.Cl. The lowest BCUT2D eigenvalue weighted by Gasteiger charge is -2.17. The van der Waals surface area contributed by atoms with E-state index in [1.165, 1.54) is 5.56 Å². The third-order valence-electron chi connectivity index (χ3n) is 3.12. The Hall–Kier alpha value is -1.06. The summed E-state index contributed by atoms with van der Waals surface area (Å²) in [4.78, 5) is 11.7. The zero-order valence-corrected chi connectivity index (χ0v) is 11.9. The summed E-state index contributed by atoms with van der Waals surface area (Å²) in [7, 11) is 0. The molecule has 1 amide bonds. The minimum absolute atomic E-state index is 0. The fourth-order valence-corrected chi connectivity index (χ4v) is 1.60. The number of rotatable bonds is 6. The molecule has 18 heavy (non-hydrogen) atoms. The van der Waals surface area contributed by atoms with Crippen LogP contribution in [0, 0.1) is 5.92 Å². The summed E-state index contributed by atoms with van der Waals surface area (Å²) in [6.07, 6.45) is 1.77. The fourth-order valence-electron chi connectivity index (χ4n) is 1.60. The van der Waals surface area contributed by atoms with Crippen molar-refractivity contribution < 1.29 is 4.79 Å². The Morgan fingerprint density at radius 1 is 1.33 bits per heavy atom. The molecule has 1 rings (SSSR count). The first-order valence-electron chi connectivity index (χ1n) is 6.22. The number of nitrogens with two attached hydrogens (primary N) is 1. The molecular weight excluding hydrogens is 248 g/mol. The van der Waals surface area contributed by atoms with E-state index in [1.54, 1.807) is 0 Å². The highest BCUT2D eigenvalue weighted by Crippen LogP contribution is 2.05. The number of amides is 1. The van der Waals surface area contributed by atoms with Gasteiger partial charge in [0.1, 0.15) is 0 Å². The van der Waals surface area contributed by atoms with Gasteiger partial charge in [-0.1, -0.05) is 50.6 Å².